The highest BCUT2D eigenvalue weighted by Crippen LogP contribution is 2.22. The summed E-state index contributed by atoms with van der Waals surface area (Å²) < 4.78 is 18.4. The Morgan fingerprint density at radius 2 is 2.00 bits per heavy atom. The van der Waals surface area contributed by atoms with E-state index in [1.165, 1.54) is 40.5 Å². The average molecular weight is 366 g/mol. The minimum Gasteiger partial charge on any atom is -0.486 e. The van der Waals surface area contributed by atoms with Crippen molar-refractivity contribution in [3.63, 3.8) is 0 Å². The van der Waals surface area contributed by atoms with Gasteiger partial charge >= 0.3 is 5.97 Å². The van der Waals surface area contributed by atoms with Gasteiger partial charge < -0.3 is 14.7 Å². The van der Waals surface area contributed by atoms with Crippen LogP contribution in [0, 0.1) is 12.7 Å². The fourth-order valence-corrected chi connectivity index (χ4v) is 3.11. The zero-order valence-electron chi connectivity index (χ0n) is 14.0. The number of nitrogens with zero attached hydrogens (tertiary/aromatic N) is 2. The highest BCUT2D eigenvalue weighted by molar-refractivity contribution is 7.13. The smallest absolute Gasteiger partial charge is 0.305 e. The van der Waals surface area contributed by atoms with E-state index in [9.17, 15) is 14.0 Å². The predicted molar refractivity (Wildman–Crippen MR) is 91.4 cm³/mol. The molecule has 134 valence electrons. The fraction of sp³-hybridized carbons (Fsp3) is 0.353. The van der Waals surface area contributed by atoms with Gasteiger partial charge in [0.15, 0.2) is 0 Å². The summed E-state index contributed by atoms with van der Waals surface area (Å²) in [6.07, 6.45) is -0.0992. The van der Waals surface area contributed by atoms with Crippen LogP contribution in [-0.2, 0) is 11.4 Å². The maximum Gasteiger partial charge on any atom is 0.305 e. The molecule has 1 N–H and O–H groups in total. The number of benzene rings is 1. The molecule has 0 atom stereocenters. The third kappa shape index (κ3) is 5.25. The number of rotatable bonds is 8. The van der Waals surface area contributed by atoms with Gasteiger partial charge in [-0.2, -0.15) is 0 Å². The molecule has 1 aromatic carbocycles. The number of carbonyl (C=O) groups is 2. The maximum atomic E-state index is 12.9. The number of aromatic nitrogens is 1. The van der Waals surface area contributed by atoms with Crippen LogP contribution in [0.5, 0.6) is 5.75 Å². The quantitative estimate of drug-likeness (QED) is 0.776. The second-order valence-corrected chi connectivity index (χ2v) is 6.38. The van der Waals surface area contributed by atoms with Gasteiger partial charge in [-0.1, -0.05) is 0 Å². The Hall–Kier alpha value is -2.48. The summed E-state index contributed by atoms with van der Waals surface area (Å²) in [5.74, 6) is -1.00. The van der Waals surface area contributed by atoms with E-state index < -0.39 is 5.97 Å². The number of aliphatic carboxylic acids is 1. The van der Waals surface area contributed by atoms with Gasteiger partial charge in [0.05, 0.1) is 12.1 Å². The fourth-order valence-electron chi connectivity index (χ4n) is 2.17. The number of hydrogen-bond acceptors (Lipinski definition) is 5. The van der Waals surface area contributed by atoms with E-state index in [1.54, 1.807) is 13.8 Å². The normalized spacial score (nSPS) is 10.5. The molecule has 1 amide bonds. The molecule has 25 heavy (non-hydrogen) atoms. The van der Waals surface area contributed by atoms with Crippen molar-refractivity contribution in [3.05, 3.63) is 45.7 Å². The standard InChI is InChI=1S/C17H19FN2O4S/c1-3-20(9-8-15(21)22)17(23)16-11(2)19-14(25-16)10-24-13-6-4-12(18)5-7-13/h4-7H,3,8-10H2,1-2H3,(H,21,22). The van der Waals surface area contributed by atoms with Crippen molar-refractivity contribution in [2.24, 2.45) is 0 Å². The van der Waals surface area contributed by atoms with Gasteiger partial charge in [0.25, 0.3) is 5.91 Å². The zero-order chi connectivity index (χ0) is 18.4. The first kappa shape index (κ1) is 18.9. The van der Waals surface area contributed by atoms with Crippen molar-refractivity contribution in [1.29, 1.82) is 0 Å². The molecule has 6 nitrogen and oxygen atoms in total. The van der Waals surface area contributed by atoms with Gasteiger partial charge in [0.2, 0.25) is 0 Å². The molecule has 1 aromatic heterocycles. The summed E-state index contributed by atoms with van der Waals surface area (Å²) in [4.78, 5) is 29.6. The van der Waals surface area contributed by atoms with Crippen LogP contribution < -0.4 is 4.74 Å². The third-order valence-corrected chi connectivity index (χ3v) is 4.59. The second-order valence-electron chi connectivity index (χ2n) is 5.29. The minimum atomic E-state index is -0.944. The minimum absolute atomic E-state index is 0.0992. The molecule has 0 saturated carbocycles. The molecule has 0 aliphatic heterocycles. The molecule has 2 rings (SSSR count). The van der Waals surface area contributed by atoms with Crippen molar-refractivity contribution in [2.75, 3.05) is 13.1 Å². The highest BCUT2D eigenvalue weighted by Gasteiger charge is 2.21. The molecule has 0 aliphatic rings. The van der Waals surface area contributed by atoms with Crippen LogP contribution in [0.25, 0.3) is 0 Å². The number of halogens is 1. The van der Waals surface area contributed by atoms with E-state index in [1.807, 2.05) is 0 Å². The highest BCUT2D eigenvalue weighted by atomic mass is 32.1. The third-order valence-electron chi connectivity index (χ3n) is 3.48. The van der Waals surface area contributed by atoms with Crippen LogP contribution in [0.4, 0.5) is 4.39 Å². The lowest BCUT2D eigenvalue weighted by molar-refractivity contribution is -0.137. The number of ether oxygens (including phenoxy) is 1. The van der Waals surface area contributed by atoms with Crippen LogP contribution in [0.3, 0.4) is 0 Å². The molecule has 0 spiro atoms. The lowest BCUT2D eigenvalue weighted by Gasteiger charge is -2.19. The molecular weight excluding hydrogens is 347 g/mol. The van der Waals surface area contributed by atoms with E-state index in [0.717, 1.165) is 0 Å². The van der Waals surface area contributed by atoms with Crippen LogP contribution in [0.15, 0.2) is 24.3 Å². The Morgan fingerprint density at radius 1 is 1.32 bits per heavy atom. The number of aryl methyl sites for hydroxylation is 1. The molecule has 0 aliphatic carbocycles. The van der Waals surface area contributed by atoms with Gasteiger partial charge in [-0.3, -0.25) is 9.59 Å². The lowest BCUT2D eigenvalue weighted by atomic mass is 10.3. The molecule has 0 unspecified atom stereocenters. The number of carbonyl (C=O) groups excluding carboxylic acids is 1. The van der Waals surface area contributed by atoms with E-state index in [0.29, 0.717) is 27.9 Å². The van der Waals surface area contributed by atoms with Gasteiger partial charge in [-0.25, -0.2) is 9.37 Å². The number of amides is 1. The monoisotopic (exact) mass is 366 g/mol. The zero-order valence-corrected chi connectivity index (χ0v) is 14.8. The average Bonchev–Trinajstić information content (AvgIpc) is 2.95. The molecule has 0 radical (unpaired) electrons. The molecular formula is C17H19FN2O4S. The molecule has 0 bridgehead atoms. The number of carboxylic acid groups (broad SMARTS) is 1. The Labute approximate surface area is 148 Å². The van der Waals surface area contributed by atoms with E-state index >= 15 is 0 Å². The Bertz CT molecular complexity index is 746. The van der Waals surface area contributed by atoms with Gasteiger partial charge in [0, 0.05) is 13.1 Å². The van der Waals surface area contributed by atoms with Crippen LogP contribution >= 0.6 is 11.3 Å². The molecule has 0 saturated heterocycles. The summed E-state index contributed by atoms with van der Waals surface area (Å²) >= 11 is 1.22. The van der Waals surface area contributed by atoms with Gasteiger partial charge in [-0.15, -0.1) is 11.3 Å². The predicted octanol–water partition coefficient (Wildman–Crippen LogP) is 3.11. The largest absolute Gasteiger partial charge is 0.486 e. The Morgan fingerprint density at radius 3 is 2.60 bits per heavy atom. The van der Waals surface area contributed by atoms with Crippen molar-refractivity contribution in [1.82, 2.24) is 9.88 Å². The first-order valence-electron chi connectivity index (χ1n) is 7.76. The van der Waals surface area contributed by atoms with E-state index in [-0.39, 0.29) is 31.3 Å². The maximum absolute atomic E-state index is 12.9. The Kier molecular flexibility index (Phi) is 6.46. The molecule has 8 heteroatoms. The van der Waals surface area contributed by atoms with Crippen LogP contribution in [-0.4, -0.2) is 40.0 Å². The first-order chi connectivity index (χ1) is 11.9. The SMILES string of the molecule is CCN(CCC(=O)O)C(=O)c1sc(COc2ccc(F)cc2)nc1C. The lowest BCUT2D eigenvalue weighted by Crippen LogP contribution is -2.32. The van der Waals surface area contributed by atoms with Gasteiger partial charge in [0.1, 0.15) is 28.1 Å². The second kappa shape index (κ2) is 8.57. The van der Waals surface area contributed by atoms with Crippen LogP contribution in [0.2, 0.25) is 0 Å². The molecule has 2 aromatic rings. The molecule has 1 heterocycles. The summed E-state index contributed by atoms with van der Waals surface area (Å²) in [6, 6.07) is 5.65. The van der Waals surface area contributed by atoms with Crippen LogP contribution in [0.1, 0.15) is 33.7 Å². The van der Waals surface area contributed by atoms with Gasteiger partial charge in [-0.05, 0) is 38.1 Å². The van der Waals surface area contributed by atoms with Crippen molar-refractivity contribution in [3.8, 4) is 5.75 Å². The van der Waals surface area contributed by atoms with Crippen molar-refractivity contribution < 1.29 is 23.8 Å². The van der Waals surface area contributed by atoms with E-state index in [2.05, 4.69) is 4.98 Å². The topological polar surface area (TPSA) is 79.7 Å². The number of hydrogen-bond donors (Lipinski definition) is 1. The summed E-state index contributed by atoms with van der Waals surface area (Å²) in [7, 11) is 0. The van der Waals surface area contributed by atoms with Crippen molar-refractivity contribution >= 4 is 23.2 Å². The van der Waals surface area contributed by atoms with E-state index in [4.69, 9.17) is 9.84 Å². The van der Waals surface area contributed by atoms with Crippen molar-refractivity contribution in [2.45, 2.75) is 26.9 Å². The summed E-state index contributed by atoms with van der Waals surface area (Å²) in [5.41, 5.74) is 0.585. The number of thiazole rings is 1. The molecule has 0 fully saturated rings. The summed E-state index contributed by atoms with van der Waals surface area (Å²) in [6.45, 7) is 4.28. The summed E-state index contributed by atoms with van der Waals surface area (Å²) in [5, 5.41) is 9.40. The first-order valence-corrected chi connectivity index (χ1v) is 8.58. The number of carboxylic acids is 1. The Balaban J connectivity index is 2.03.